The van der Waals surface area contributed by atoms with Crippen LogP contribution in [0.15, 0.2) is 24.4 Å². The van der Waals surface area contributed by atoms with E-state index in [2.05, 4.69) is 20.0 Å². The van der Waals surface area contributed by atoms with Gasteiger partial charge in [-0.25, -0.2) is 4.98 Å². The van der Waals surface area contributed by atoms with Crippen LogP contribution in [0.2, 0.25) is 0 Å². The number of rotatable bonds is 5. The number of carbonyl (C=O) groups is 1. The van der Waals surface area contributed by atoms with E-state index in [0.717, 1.165) is 17.0 Å². The molecule has 0 saturated heterocycles. The lowest BCUT2D eigenvalue weighted by atomic mass is 10.3. The fourth-order valence-corrected chi connectivity index (χ4v) is 1.91. The molecule has 0 bridgehead atoms. The molecular formula is C13H18N4O. The van der Waals surface area contributed by atoms with Gasteiger partial charge in [0.15, 0.2) is 0 Å². The lowest BCUT2D eigenvalue weighted by Crippen LogP contribution is -2.25. The quantitative estimate of drug-likeness (QED) is 0.770. The maximum atomic E-state index is 11.1. The number of carbonyl (C=O) groups excluding carboxylic acids is 1. The number of pyridine rings is 1. The first-order valence-corrected chi connectivity index (χ1v) is 6.06. The Hall–Kier alpha value is -1.88. The first kappa shape index (κ1) is 12.6. The molecular weight excluding hydrogens is 228 g/mol. The topological polar surface area (TPSA) is 58.4 Å². The third-order valence-corrected chi connectivity index (χ3v) is 2.93. The van der Waals surface area contributed by atoms with Gasteiger partial charge in [-0.2, -0.15) is 0 Å². The molecule has 2 aromatic rings. The van der Waals surface area contributed by atoms with Crippen LogP contribution in [0.1, 0.15) is 17.8 Å². The van der Waals surface area contributed by atoms with Crippen molar-refractivity contribution in [3.63, 3.8) is 0 Å². The molecule has 5 heteroatoms. The van der Waals surface area contributed by atoms with E-state index in [9.17, 15) is 4.79 Å². The maximum absolute atomic E-state index is 11.1. The van der Waals surface area contributed by atoms with Crippen molar-refractivity contribution in [1.29, 1.82) is 0 Å². The molecule has 0 aliphatic carbocycles. The first-order valence-electron chi connectivity index (χ1n) is 6.06. The van der Waals surface area contributed by atoms with Gasteiger partial charge in [0.25, 0.3) is 0 Å². The normalized spacial score (nSPS) is 10.8. The van der Waals surface area contributed by atoms with Gasteiger partial charge in [-0.3, -0.25) is 4.79 Å². The maximum Gasteiger partial charge on any atom is 0.221 e. The van der Waals surface area contributed by atoms with Crippen LogP contribution in [0.5, 0.6) is 0 Å². The van der Waals surface area contributed by atoms with E-state index in [0.29, 0.717) is 19.5 Å². The molecule has 96 valence electrons. The highest BCUT2D eigenvalue weighted by Gasteiger charge is 2.07. The molecule has 0 spiro atoms. The zero-order valence-electron chi connectivity index (χ0n) is 10.7. The number of hydrogen-bond acceptors (Lipinski definition) is 3. The smallest absolute Gasteiger partial charge is 0.221 e. The molecule has 18 heavy (non-hydrogen) atoms. The molecule has 0 aromatic carbocycles. The van der Waals surface area contributed by atoms with Crippen molar-refractivity contribution < 1.29 is 4.79 Å². The van der Waals surface area contributed by atoms with Crippen molar-refractivity contribution in [2.45, 2.75) is 19.9 Å². The Balaban J connectivity index is 1.99. The fourth-order valence-electron chi connectivity index (χ4n) is 1.91. The van der Waals surface area contributed by atoms with Crippen molar-refractivity contribution in [3.05, 3.63) is 35.8 Å². The summed E-state index contributed by atoms with van der Waals surface area (Å²) in [7, 11) is 1.65. The molecule has 0 radical (unpaired) electrons. The molecule has 2 rings (SSSR count). The predicted octanol–water partition coefficient (Wildman–Crippen LogP) is 0.868. The number of aromatic nitrogens is 2. The van der Waals surface area contributed by atoms with Crippen LogP contribution in [-0.2, 0) is 11.3 Å². The number of nitrogens with one attached hydrogen (secondary N) is 2. The fraction of sp³-hybridized carbons (Fsp3) is 0.385. The summed E-state index contributed by atoms with van der Waals surface area (Å²) in [5.41, 5.74) is 3.12. The van der Waals surface area contributed by atoms with E-state index in [-0.39, 0.29) is 5.91 Å². The van der Waals surface area contributed by atoms with Gasteiger partial charge in [-0.05, 0) is 19.1 Å². The first-order chi connectivity index (χ1) is 8.72. The van der Waals surface area contributed by atoms with Crippen LogP contribution in [-0.4, -0.2) is 28.9 Å². The molecule has 0 saturated carbocycles. The number of imidazole rings is 1. The van der Waals surface area contributed by atoms with E-state index in [1.54, 1.807) is 7.05 Å². The molecule has 0 aliphatic heterocycles. The molecule has 0 atom stereocenters. The Morgan fingerprint density at radius 1 is 1.44 bits per heavy atom. The second-order valence-electron chi connectivity index (χ2n) is 4.17. The van der Waals surface area contributed by atoms with Crippen molar-refractivity contribution in [2.24, 2.45) is 0 Å². The summed E-state index contributed by atoms with van der Waals surface area (Å²) in [6.07, 6.45) is 2.50. The molecule has 1 amide bonds. The third kappa shape index (κ3) is 2.68. The van der Waals surface area contributed by atoms with E-state index < -0.39 is 0 Å². The van der Waals surface area contributed by atoms with Gasteiger partial charge in [0.1, 0.15) is 5.65 Å². The minimum atomic E-state index is 0.0531. The predicted molar refractivity (Wildman–Crippen MR) is 70.3 cm³/mol. The summed E-state index contributed by atoms with van der Waals surface area (Å²) in [5.74, 6) is 0.0531. The zero-order chi connectivity index (χ0) is 13.0. The lowest BCUT2D eigenvalue weighted by molar-refractivity contribution is -0.120. The Bertz CT molecular complexity index is 547. The summed E-state index contributed by atoms with van der Waals surface area (Å²) < 4.78 is 2.07. The summed E-state index contributed by atoms with van der Waals surface area (Å²) >= 11 is 0. The van der Waals surface area contributed by atoms with Crippen LogP contribution in [0.3, 0.4) is 0 Å². The summed E-state index contributed by atoms with van der Waals surface area (Å²) in [6, 6.07) is 5.95. The minimum Gasteiger partial charge on any atom is -0.359 e. The Morgan fingerprint density at radius 2 is 2.28 bits per heavy atom. The van der Waals surface area contributed by atoms with Crippen LogP contribution in [0.4, 0.5) is 0 Å². The van der Waals surface area contributed by atoms with Gasteiger partial charge in [0, 0.05) is 32.8 Å². The summed E-state index contributed by atoms with van der Waals surface area (Å²) in [4.78, 5) is 15.6. The largest absolute Gasteiger partial charge is 0.359 e. The van der Waals surface area contributed by atoms with Gasteiger partial charge >= 0.3 is 0 Å². The van der Waals surface area contributed by atoms with Crippen LogP contribution in [0.25, 0.3) is 5.65 Å². The van der Waals surface area contributed by atoms with Crippen LogP contribution >= 0.6 is 0 Å². The summed E-state index contributed by atoms with van der Waals surface area (Å²) in [6.45, 7) is 3.38. The molecule has 2 heterocycles. The molecule has 2 N–H and O–H groups in total. The number of nitrogens with zero attached hydrogens (tertiary/aromatic N) is 2. The number of amides is 1. The standard InChI is InChI=1S/C13H18N4O/c1-10-11(9-15-7-6-13(18)14-2)17-8-4-3-5-12(17)16-10/h3-5,8,15H,6-7,9H2,1-2H3,(H,14,18). The Kier molecular flexibility index (Phi) is 3.94. The van der Waals surface area contributed by atoms with Crippen molar-refractivity contribution in [2.75, 3.05) is 13.6 Å². The van der Waals surface area contributed by atoms with Gasteiger partial charge in [-0.15, -0.1) is 0 Å². The van der Waals surface area contributed by atoms with E-state index >= 15 is 0 Å². The third-order valence-electron chi connectivity index (χ3n) is 2.93. The average molecular weight is 246 g/mol. The number of fused-ring (bicyclic) bond motifs is 1. The molecule has 0 aliphatic rings. The van der Waals surface area contributed by atoms with Gasteiger partial charge in [0.2, 0.25) is 5.91 Å². The zero-order valence-corrected chi connectivity index (χ0v) is 10.7. The minimum absolute atomic E-state index is 0.0531. The van der Waals surface area contributed by atoms with E-state index in [4.69, 9.17) is 0 Å². The monoisotopic (exact) mass is 246 g/mol. The number of hydrogen-bond donors (Lipinski definition) is 2. The van der Waals surface area contributed by atoms with Gasteiger partial charge < -0.3 is 15.0 Å². The Labute approximate surface area is 106 Å². The average Bonchev–Trinajstić information content (AvgIpc) is 2.70. The lowest BCUT2D eigenvalue weighted by Gasteiger charge is -2.05. The second-order valence-corrected chi connectivity index (χ2v) is 4.17. The molecule has 5 nitrogen and oxygen atoms in total. The number of aryl methyl sites for hydroxylation is 1. The van der Waals surface area contributed by atoms with Gasteiger partial charge in [0.05, 0.1) is 11.4 Å². The van der Waals surface area contributed by atoms with E-state index in [1.165, 1.54) is 0 Å². The van der Waals surface area contributed by atoms with Crippen molar-refractivity contribution in [1.82, 2.24) is 20.0 Å². The van der Waals surface area contributed by atoms with E-state index in [1.807, 2.05) is 31.3 Å². The van der Waals surface area contributed by atoms with Crippen LogP contribution in [0, 0.1) is 6.92 Å². The highest BCUT2D eigenvalue weighted by Crippen LogP contribution is 2.11. The van der Waals surface area contributed by atoms with Crippen molar-refractivity contribution in [3.8, 4) is 0 Å². The highest BCUT2D eigenvalue weighted by molar-refractivity contribution is 5.75. The van der Waals surface area contributed by atoms with Crippen molar-refractivity contribution >= 4 is 11.6 Å². The highest BCUT2D eigenvalue weighted by atomic mass is 16.1. The Morgan fingerprint density at radius 3 is 3.06 bits per heavy atom. The molecule has 0 unspecified atom stereocenters. The molecule has 2 aromatic heterocycles. The van der Waals surface area contributed by atoms with Gasteiger partial charge in [-0.1, -0.05) is 6.07 Å². The SMILES string of the molecule is CNC(=O)CCNCc1c(C)nc2ccccn12. The van der Waals surface area contributed by atoms with Crippen LogP contribution < -0.4 is 10.6 Å². The second kappa shape index (κ2) is 5.64. The molecule has 0 fully saturated rings. The summed E-state index contributed by atoms with van der Waals surface area (Å²) in [5, 5.41) is 5.87.